The van der Waals surface area contributed by atoms with Crippen LogP contribution >= 0.6 is 0 Å². The summed E-state index contributed by atoms with van der Waals surface area (Å²) < 4.78 is 1.72. The standard InChI is InChI=1S/C18H18N2O/c1-18(2,3)14-9-7-13(8-10-14)17(21)15-12-19-20-11-5-4-6-16(15)20/h4-12H,1-3H3. The van der Waals surface area contributed by atoms with Gasteiger partial charge in [-0.3, -0.25) is 4.79 Å². The minimum absolute atomic E-state index is 0.0108. The molecule has 1 aromatic carbocycles. The van der Waals surface area contributed by atoms with E-state index in [4.69, 9.17) is 0 Å². The highest BCUT2D eigenvalue weighted by molar-refractivity contribution is 6.13. The lowest BCUT2D eigenvalue weighted by molar-refractivity contribution is 0.104. The van der Waals surface area contributed by atoms with E-state index in [9.17, 15) is 4.79 Å². The van der Waals surface area contributed by atoms with E-state index in [-0.39, 0.29) is 11.2 Å². The topological polar surface area (TPSA) is 34.4 Å². The molecule has 2 heterocycles. The lowest BCUT2D eigenvalue weighted by atomic mass is 9.86. The molecule has 0 amide bonds. The average Bonchev–Trinajstić information content (AvgIpc) is 2.90. The Kier molecular flexibility index (Phi) is 3.13. The summed E-state index contributed by atoms with van der Waals surface area (Å²) in [4.78, 5) is 12.6. The van der Waals surface area contributed by atoms with Gasteiger partial charge in [0.05, 0.1) is 17.3 Å². The van der Waals surface area contributed by atoms with Crippen molar-refractivity contribution in [3.63, 3.8) is 0 Å². The van der Waals surface area contributed by atoms with Gasteiger partial charge in [-0.25, -0.2) is 4.52 Å². The Morgan fingerprint density at radius 2 is 1.76 bits per heavy atom. The van der Waals surface area contributed by atoms with Crippen molar-refractivity contribution >= 4 is 11.3 Å². The maximum Gasteiger partial charge on any atom is 0.196 e. The number of aromatic nitrogens is 2. The minimum Gasteiger partial charge on any atom is -0.288 e. The number of carbonyl (C=O) groups excluding carboxylic acids is 1. The number of benzene rings is 1. The van der Waals surface area contributed by atoms with Gasteiger partial charge in [-0.05, 0) is 23.1 Å². The number of carbonyl (C=O) groups is 1. The highest BCUT2D eigenvalue weighted by atomic mass is 16.1. The molecule has 0 saturated heterocycles. The van der Waals surface area contributed by atoms with E-state index in [1.165, 1.54) is 5.56 Å². The molecule has 3 rings (SSSR count). The first-order chi connectivity index (χ1) is 9.97. The molecule has 21 heavy (non-hydrogen) atoms. The van der Waals surface area contributed by atoms with Crippen LogP contribution in [0.1, 0.15) is 42.3 Å². The van der Waals surface area contributed by atoms with Crippen molar-refractivity contribution in [2.75, 3.05) is 0 Å². The first-order valence-electron chi connectivity index (χ1n) is 7.04. The Balaban J connectivity index is 1.99. The van der Waals surface area contributed by atoms with Crippen molar-refractivity contribution in [2.24, 2.45) is 0 Å². The summed E-state index contributed by atoms with van der Waals surface area (Å²) in [6.07, 6.45) is 3.48. The van der Waals surface area contributed by atoms with Gasteiger partial charge < -0.3 is 0 Å². The van der Waals surface area contributed by atoms with E-state index in [0.717, 1.165) is 5.52 Å². The van der Waals surface area contributed by atoms with Crippen LogP contribution in [0.3, 0.4) is 0 Å². The van der Waals surface area contributed by atoms with E-state index in [1.807, 2.05) is 48.7 Å². The van der Waals surface area contributed by atoms with Crippen LogP contribution in [0.15, 0.2) is 54.9 Å². The quantitative estimate of drug-likeness (QED) is 0.667. The monoisotopic (exact) mass is 278 g/mol. The summed E-state index contributed by atoms with van der Waals surface area (Å²) in [6, 6.07) is 13.6. The predicted molar refractivity (Wildman–Crippen MR) is 83.8 cm³/mol. The van der Waals surface area contributed by atoms with Crippen LogP contribution in [0.25, 0.3) is 5.52 Å². The molecule has 0 fully saturated rings. The number of nitrogens with zero attached hydrogens (tertiary/aromatic N) is 2. The van der Waals surface area contributed by atoms with E-state index >= 15 is 0 Å². The fourth-order valence-electron chi connectivity index (χ4n) is 2.39. The van der Waals surface area contributed by atoms with Crippen LogP contribution in [-0.4, -0.2) is 15.4 Å². The van der Waals surface area contributed by atoms with Gasteiger partial charge in [0.2, 0.25) is 0 Å². The number of hydrogen-bond donors (Lipinski definition) is 0. The number of rotatable bonds is 2. The third kappa shape index (κ3) is 2.47. The molecule has 3 heteroatoms. The molecular formula is C18H18N2O. The maximum atomic E-state index is 12.6. The number of hydrogen-bond acceptors (Lipinski definition) is 2. The summed E-state index contributed by atoms with van der Waals surface area (Å²) in [6.45, 7) is 6.49. The summed E-state index contributed by atoms with van der Waals surface area (Å²) >= 11 is 0. The lowest BCUT2D eigenvalue weighted by Gasteiger charge is -2.18. The van der Waals surface area contributed by atoms with Crippen LogP contribution in [0, 0.1) is 0 Å². The van der Waals surface area contributed by atoms with Crippen LogP contribution in [0.5, 0.6) is 0 Å². The zero-order valence-electron chi connectivity index (χ0n) is 12.5. The van der Waals surface area contributed by atoms with Crippen molar-refractivity contribution < 1.29 is 4.79 Å². The molecule has 0 bridgehead atoms. The Labute approximate surface area is 124 Å². The van der Waals surface area contributed by atoms with Crippen molar-refractivity contribution in [3.05, 3.63) is 71.5 Å². The van der Waals surface area contributed by atoms with Gasteiger partial charge in [0, 0.05) is 11.8 Å². The third-order valence-electron chi connectivity index (χ3n) is 3.68. The van der Waals surface area contributed by atoms with Gasteiger partial charge >= 0.3 is 0 Å². The average molecular weight is 278 g/mol. The second-order valence-electron chi connectivity index (χ2n) is 6.25. The molecular weight excluding hydrogens is 260 g/mol. The first kappa shape index (κ1) is 13.6. The van der Waals surface area contributed by atoms with Crippen LogP contribution < -0.4 is 0 Å². The Bertz CT molecular complexity index is 792. The molecule has 3 nitrogen and oxygen atoms in total. The van der Waals surface area contributed by atoms with Gasteiger partial charge in [-0.15, -0.1) is 0 Å². The molecule has 0 spiro atoms. The predicted octanol–water partition coefficient (Wildman–Crippen LogP) is 3.86. The summed E-state index contributed by atoms with van der Waals surface area (Å²) in [5.74, 6) is 0.0108. The zero-order chi connectivity index (χ0) is 15.0. The molecule has 0 atom stereocenters. The minimum atomic E-state index is 0.0108. The number of pyridine rings is 1. The van der Waals surface area contributed by atoms with E-state index < -0.39 is 0 Å². The SMILES string of the molecule is CC(C)(C)c1ccc(C(=O)c2cnn3ccccc23)cc1. The summed E-state index contributed by atoms with van der Waals surface area (Å²) in [7, 11) is 0. The molecule has 106 valence electrons. The Hall–Kier alpha value is -2.42. The van der Waals surface area contributed by atoms with Crippen molar-refractivity contribution in [3.8, 4) is 0 Å². The third-order valence-corrected chi connectivity index (χ3v) is 3.68. The van der Waals surface area contributed by atoms with Crippen molar-refractivity contribution in [1.82, 2.24) is 9.61 Å². The second-order valence-corrected chi connectivity index (χ2v) is 6.25. The Morgan fingerprint density at radius 1 is 1.05 bits per heavy atom. The molecule has 2 aromatic heterocycles. The highest BCUT2D eigenvalue weighted by Gasteiger charge is 2.17. The van der Waals surface area contributed by atoms with Crippen molar-refractivity contribution in [2.45, 2.75) is 26.2 Å². The fraction of sp³-hybridized carbons (Fsp3) is 0.222. The van der Waals surface area contributed by atoms with E-state index in [0.29, 0.717) is 11.1 Å². The van der Waals surface area contributed by atoms with Gasteiger partial charge in [0.15, 0.2) is 5.78 Å². The molecule has 3 aromatic rings. The van der Waals surface area contributed by atoms with Crippen LogP contribution in [0.2, 0.25) is 0 Å². The highest BCUT2D eigenvalue weighted by Crippen LogP contribution is 2.23. The lowest BCUT2D eigenvalue weighted by Crippen LogP contribution is -2.11. The molecule has 0 aliphatic carbocycles. The molecule has 0 aliphatic heterocycles. The summed E-state index contributed by atoms with van der Waals surface area (Å²) in [5, 5.41) is 4.22. The first-order valence-corrected chi connectivity index (χ1v) is 7.04. The Morgan fingerprint density at radius 3 is 2.43 bits per heavy atom. The molecule has 0 N–H and O–H groups in total. The van der Waals surface area contributed by atoms with Gasteiger partial charge in [0.1, 0.15) is 0 Å². The van der Waals surface area contributed by atoms with E-state index in [1.54, 1.807) is 10.7 Å². The molecule has 0 unspecified atom stereocenters. The largest absolute Gasteiger partial charge is 0.288 e. The van der Waals surface area contributed by atoms with Crippen LogP contribution in [-0.2, 0) is 5.41 Å². The normalized spacial score (nSPS) is 11.8. The maximum absolute atomic E-state index is 12.6. The molecule has 0 aliphatic rings. The van der Waals surface area contributed by atoms with Crippen LogP contribution in [0.4, 0.5) is 0 Å². The van der Waals surface area contributed by atoms with Gasteiger partial charge in [0.25, 0.3) is 0 Å². The second kappa shape index (κ2) is 4.85. The molecule has 0 saturated carbocycles. The zero-order valence-corrected chi connectivity index (χ0v) is 12.5. The van der Waals surface area contributed by atoms with E-state index in [2.05, 4.69) is 25.9 Å². The number of fused-ring (bicyclic) bond motifs is 1. The van der Waals surface area contributed by atoms with Gasteiger partial charge in [-0.2, -0.15) is 5.10 Å². The van der Waals surface area contributed by atoms with Crippen molar-refractivity contribution in [1.29, 1.82) is 0 Å². The van der Waals surface area contributed by atoms with Gasteiger partial charge in [-0.1, -0.05) is 51.1 Å². The molecule has 0 radical (unpaired) electrons. The summed E-state index contributed by atoms with van der Waals surface area (Å²) in [5.41, 5.74) is 3.48. The fourth-order valence-corrected chi connectivity index (χ4v) is 2.39. The smallest absolute Gasteiger partial charge is 0.196 e. The number of ketones is 1.